The summed E-state index contributed by atoms with van der Waals surface area (Å²) in [6.45, 7) is 12.6. The van der Waals surface area contributed by atoms with E-state index >= 15 is 0 Å². The van der Waals surface area contributed by atoms with E-state index in [0.29, 0.717) is 45.5 Å². The molecule has 0 aliphatic rings. The summed E-state index contributed by atoms with van der Waals surface area (Å²) >= 11 is 0. The Bertz CT molecular complexity index is 1430. The van der Waals surface area contributed by atoms with Crippen molar-refractivity contribution in [2.24, 2.45) is 0 Å². The molecule has 0 aromatic heterocycles. The summed E-state index contributed by atoms with van der Waals surface area (Å²) in [5.41, 5.74) is 1.75. The van der Waals surface area contributed by atoms with Crippen LogP contribution in [-0.2, 0) is 19.1 Å². The Morgan fingerprint density at radius 1 is 0.605 bits per heavy atom. The van der Waals surface area contributed by atoms with Crippen LogP contribution in [0.15, 0.2) is 91.0 Å². The molecule has 10 nitrogen and oxygen atoms in total. The van der Waals surface area contributed by atoms with Crippen molar-refractivity contribution in [3.8, 4) is 28.7 Å². The lowest BCUT2D eigenvalue weighted by Crippen LogP contribution is -2.12. The van der Waals surface area contributed by atoms with Crippen LogP contribution in [0.25, 0.3) is 0 Å². The van der Waals surface area contributed by atoms with Crippen LogP contribution in [0.1, 0.15) is 29.8 Å². The minimum absolute atomic E-state index is 0.0399. The van der Waals surface area contributed by atoms with Crippen molar-refractivity contribution in [3.63, 3.8) is 0 Å². The van der Waals surface area contributed by atoms with E-state index in [1.54, 1.807) is 80.6 Å². The molecule has 0 bridgehead atoms. The second kappa shape index (κ2) is 16.3. The summed E-state index contributed by atoms with van der Waals surface area (Å²) in [6.07, 6.45) is 0. The molecule has 0 radical (unpaired) electrons. The van der Waals surface area contributed by atoms with Gasteiger partial charge in [0.15, 0.2) is 0 Å². The molecule has 0 spiro atoms. The average Bonchev–Trinajstić information content (AvgIpc) is 2.99. The van der Waals surface area contributed by atoms with Crippen LogP contribution in [0.2, 0.25) is 0 Å². The third-order valence-corrected chi connectivity index (χ3v) is 5.58. The number of aryl methyl sites for hydroxylation is 1. The zero-order valence-corrected chi connectivity index (χ0v) is 24.4. The summed E-state index contributed by atoms with van der Waals surface area (Å²) in [4.78, 5) is 35.3. The molecule has 0 heterocycles. The van der Waals surface area contributed by atoms with Gasteiger partial charge >= 0.3 is 17.9 Å². The quantitative estimate of drug-likeness (QED) is 0.0684. The predicted octanol–water partition coefficient (Wildman–Crippen LogP) is 5.63. The number of carbonyl (C=O) groups excluding carboxylic acids is 3. The van der Waals surface area contributed by atoms with Crippen molar-refractivity contribution < 1.29 is 47.5 Å². The maximum Gasteiger partial charge on any atom is 0.343 e. The maximum absolute atomic E-state index is 12.6. The van der Waals surface area contributed by atoms with E-state index in [0.717, 1.165) is 5.56 Å². The van der Waals surface area contributed by atoms with Crippen molar-refractivity contribution >= 4 is 17.9 Å². The Morgan fingerprint density at radius 2 is 1.07 bits per heavy atom. The molecule has 3 rings (SSSR count). The van der Waals surface area contributed by atoms with Gasteiger partial charge in [0.1, 0.15) is 55.2 Å². The molecule has 0 amide bonds. The molecule has 3 aromatic rings. The van der Waals surface area contributed by atoms with Crippen molar-refractivity contribution in [1.82, 2.24) is 0 Å². The van der Waals surface area contributed by atoms with E-state index < -0.39 is 17.9 Å². The molecule has 0 aliphatic carbocycles. The number of hydrogen-bond donors (Lipinski definition) is 0. The van der Waals surface area contributed by atoms with Gasteiger partial charge in [0, 0.05) is 11.1 Å². The normalized spacial score (nSPS) is 10.2. The second-order valence-electron chi connectivity index (χ2n) is 9.25. The van der Waals surface area contributed by atoms with E-state index in [9.17, 15) is 14.4 Å². The van der Waals surface area contributed by atoms with Crippen LogP contribution in [-0.4, -0.2) is 51.1 Å². The van der Waals surface area contributed by atoms with E-state index in [1.165, 1.54) is 0 Å². The van der Waals surface area contributed by atoms with Crippen LogP contribution in [0.3, 0.4) is 0 Å². The highest BCUT2D eigenvalue weighted by molar-refractivity contribution is 5.91. The van der Waals surface area contributed by atoms with E-state index in [-0.39, 0.29) is 33.2 Å². The van der Waals surface area contributed by atoms with Gasteiger partial charge in [-0.05, 0) is 93.1 Å². The first kappa shape index (κ1) is 32.3. The monoisotopic (exact) mass is 590 g/mol. The van der Waals surface area contributed by atoms with Gasteiger partial charge in [-0.2, -0.15) is 0 Å². The fourth-order valence-electron chi connectivity index (χ4n) is 3.33. The molecule has 10 heteroatoms. The number of ether oxygens (including phenoxy) is 7. The number of rotatable bonds is 16. The second-order valence-corrected chi connectivity index (χ2v) is 9.25. The van der Waals surface area contributed by atoms with Gasteiger partial charge < -0.3 is 33.2 Å². The van der Waals surface area contributed by atoms with Gasteiger partial charge in [0.05, 0.1) is 5.56 Å². The Kier molecular flexibility index (Phi) is 12.2. The van der Waals surface area contributed by atoms with Crippen LogP contribution in [0.4, 0.5) is 0 Å². The molecule has 0 fully saturated rings. The van der Waals surface area contributed by atoms with Gasteiger partial charge in [0.25, 0.3) is 0 Å². The SMILES string of the molecule is C=C(C)C(=O)OCCOc1ccc(OCOc2ccc(OC(=O)c3ccc(OCCOC(=O)C(=C)C)cc3)cc2C)cc1. The Hall–Kier alpha value is -5.25. The Morgan fingerprint density at radius 3 is 1.56 bits per heavy atom. The van der Waals surface area contributed by atoms with Crippen molar-refractivity contribution in [2.75, 3.05) is 33.2 Å². The van der Waals surface area contributed by atoms with Crippen LogP contribution in [0, 0.1) is 6.92 Å². The number of esters is 3. The highest BCUT2D eigenvalue weighted by Gasteiger charge is 2.11. The summed E-state index contributed by atoms with van der Waals surface area (Å²) in [6, 6.07) is 18.4. The summed E-state index contributed by atoms with van der Waals surface area (Å²) in [5.74, 6) is 1.17. The zero-order valence-electron chi connectivity index (χ0n) is 24.4. The molecule has 0 saturated carbocycles. The van der Waals surface area contributed by atoms with Gasteiger partial charge in [0.2, 0.25) is 6.79 Å². The maximum atomic E-state index is 12.6. The molecule has 0 aliphatic heterocycles. The lowest BCUT2D eigenvalue weighted by atomic mass is 10.2. The molecule has 0 unspecified atom stereocenters. The van der Waals surface area contributed by atoms with Crippen molar-refractivity contribution in [2.45, 2.75) is 20.8 Å². The molecule has 0 atom stereocenters. The van der Waals surface area contributed by atoms with Crippen LogP contribution < -0.4 is 23.7 Å². The minimum Gasteiger partial charge on any atom is -0.490 e. The third-order valence-electron chi connectivity index (χ3n) is 5.58. The van der Waals surface area contributed by atoms with Crippen molar-refractivity contribution in [3.05, 3.63) is 102 Å². The topological polar surface area (TPSA) is 116 Å². The van der Waals surface area contributed by atoms with Gasteiger partial charge in [-0.25, -0.2) is 14.4 Å². The number of benzene rings is 3. The van der Waals surface area contributed by atoms with E-state index in [2.05, 4.69) is 13.2 Å². The summed E-state index contributed by atoms with van der Waals surface area (Å²) in [5, 5.41) is 0. The smallest absolute Gasteiger partial charge is 0.343 e. The average molecular weight is 591 g/mol. The van der Waals surface area contributed by atoms with Gasteiger partial charge in [-0.1, -0.05) is 13.2 Å². The van der Waals surface area contributed by atoms with Crippen molar-refractivity contribution in [1.29, 1.82) is 0 Å². The predicted molar refractivity (Wildman–Crippen MR) is 158 cm³/mol. The molecule has 3 aromatic carbocycles. The summed E-state index contributed by atoms with van der Waals surface area (Å²) in [7, 11) is 0. The highest BCUT2D eigenvalue weighted by atomic mass is 16.7. The van der Waals surface area contributed by atoms with Crippen LogP contribution >= 0.6 is 0 Å². The molecular weight excluding hydrogens is 556 g/mol. The number of hydrogen-bond acceptors (Lipinski definition) is 10. The molecule has 43 heavy (non-hydrogen) atoms. The number of carbonyl (C=O) groups is 3. The molecule has 0 N–H and O–H groups in total. The first-order valence-corrected chi connectivity index (χ1v) is 13.3. The minimum atomic E-state index is -0.529. The van der Waals surface area contributed by atoms with Crippen LogP contribution in [0.5, 0.6) is 28.7 Å². The lowest BCUT2D eigenvalue weighted by molar-refractivity contribution is -0.140. The fourth-order valence-corrected chi connectivity index (χ4v) is 3.33. The summed E-state index contributed by atoms with van der Waals surface area (Å²) < 4.78 is 37.8. The standard InChI is InChI=1S/C33H34O10/c1-22(2)31(34)39-18-16-37-26-8-6-25(7-9-26)33(36)43-29-14-15-30(24(5)20-29)42-21-41-28-12-10-27(11-13-28)38-17-19-40-32(35)23(3)4/h6-15,20H,1,3,16-19,21H2,2,4-5H3. The Balaban J connectivity index is 1.39. The highest BCUT2D eigenvalue weighted by Crippen LogP contribution is 2.25. The lowest BCUT2D eigenvalue weighted by Gasteiger charge is -2.13. The van der Waals surface area contributed by atoms with Gasteiger partial charge in [-0.3, -0.25) is 0 Å². The Labute approximate surface area is 250 Å². The largest absolute Gasteiger partial charge is 0.490 e. The molecule has 0 saturated heterocycles. The van der Waals surface area contributed by atoms with E-state index in [4.69, 9.17) is 33.2 Å². The fraction of sp³-hybridized carbons (Fsp3) is 0.242. The molecular formula is C33H34O10. The van der Waals surface area contributed by atoms with E-state index in [1.807, 2.05) is 6.92 Å². The third kappa shape index (κ3) is 10.9. The molecule has 226 valence electrons. The first-order valence-electron chi connectivity index (χ1n) is 13.3. The van der Waals surface area contributed by atoms with Gasteiger partial charge in [-0.15, -0.1) is 0 Å². The zero-order chi connectivity index (χ0) is 31.2. The first-order chi connectivity index (χ1) is 20.6.